The number of nitrogens with one attached hydrogen (secondary N) is 1. The van der Waals surface area contributed by atoms with E-state index >= 15 is 0 Å². The molecule has 0 atom stereocenters. The molecule has 4 nitrogen and oxygen atoms in total. The van der Waals surface area contributed by atoms with E-state index in [-0.39, 0.29) is 0 Å². The van der Waals surface area contributed by atoms with Gasteiger partial charge < -0.3 is 14.8 Å². The fourth-order valence-corrected chi connectivity index (χ4v) is 1.95. The Morgan fingerprint density at radius 1 is 1.14 bits per heavy atom. The van der Waals surface area contributed by atoms with Gasteiger partial charge in [0.05, 0.1) is 18.4 Å². The topological polar surface area (TPSA) is 54.3 Å². The van der Waals surface area contributed by atoms with E-state index in [9.17, 15) is 0 Å². The zero-order chi connectivity index (χ0) is 15.1. The molecule has 2 aromatic carbocycles. The van der Waals surface area contributed by atoms with Crippen LogP contribution in [0.15, 0.2) is 42.5 Å². The predicted octanol–water partition coefficient (Wildman–Crippen LogP) is 3.37. The fraction of sp³-hybridized carbons (Fsp3) is 0.235. The third-order valence-corrected chi connectivity index (χ3v) is 3.02. The average Bonchev–Trinajstić information content (AvgIpc) is 2.51. The summed E-state index contributed by atoms with van der Waals surface area (Å²) in [6.07, 6.45) is 0. The molecule has 0 radical (unpaired) electrons. The first-order chi connectivity index (χ1) is 10.2. The first kappa shape index (κ1) is 14.7. The van der Waals surface area contributed by atoms with Crippen LogP contribution in [0.4, 0.5) is 5.69 Å². The molecule has 0 aliphatic carbocycles. The first-order valence-electron chi connectivity index (χ1n) is 6.74. The molecule has 0 fully saturated rings. The van der Waals surface area contributed by atoms with Crippen LogP contribution in [0.25, 0.3) is 0 Å². The summed E-state index contributed by atoms with van der Waals surface area (Å²) in [7, 11) is 1.60. The van der Waals surface area contributed by atoms with Crippen molar-refractivity contribution in [3.05, 3.63) is 53.6 Å². The molecule has 0 amide bonds. The van der Waals surface area contributed by atoms with Crippen molar-refractivity contribution in [3.63, 3.8) is 0 Å². The van der Waals surface area contributed by atoms with Crippen LogP contribution in [-0.2, 0) is 0 Å². The van der Waals surface area contributed by atoms with Gasteiger partial charge in [-0.1, -0.05) is 12.1 Å². The van der Waals surface area contributed by atoms with Crippen molar-refractivity contribution in [1.82, 2.24) is 0 Å². The minimum atomic E-state index is 0.519. The molecule has 4 heteroatoms. The van der Waals surface area contributed by atoms with Gasteiger partial charge in [0.25, 0.3) is 0 Å². The van der Waals surface area contributed by atoms with Crippen molar-refractivity contribution in [1.29, 1.82) is 5.26 Å². The van der Waals surface area contributed by atoms with E-state index in [4.69, 9.17) is 14.7 Å². The second-order valence-corrected chi connectivity index (χ2v) is 4.62. The minimum Gasteiger partial charge on any atom is -0.497 e. The summed E-state index contributed by atoms with van der Waals surface area (Å²) in [5, 5.41) is 12.3. The molecular formula is C17H18N2O2. The molecule has 0 spiro atoms. The summed E-state index contributed by atoms with van der Waals surface area (Å²) < 4.78 is 10.8. The highest BCUT2D eigenvalue weighted by Gasteiger charge is 2.03. The van der Waals surface area contributed by atoms with Crippen molar-refractivity contribution >= 4 is 5.69 Å². The standard InChI is InChI=1S/C17H18N2O2/c1-13-4-3-5-16(10-13)21-9-8-19-17-11-15(20-2)7-6-14(17)12-18/h3-7,10-11,19H,8-9H2,1-2H3. The average molecular weight is 282 g/mol. The molecule has 0 aliphatic heterocycles. The largest absolute Gasteiger partial charge is 0.497 e. The van der Waals surface area contributed by atoms with Gasteiger partial charge in [0.15, 0.2) is 0 Å². The summed E-state index contributed by atoms with van der Waals surface area (Å²) in [6.45, 7) is 3.15. The van der Waals surface area contributed by atoms with Crippen molar-refractivity contribution < 1.29 is 9.47 Å². The van der Waals surface area contributed by atoms with E-state index < -0.39 is 0 Å². The lowest BCUT2D eigenvalue weighted by Crippen LogP contribution is -2.12. The molecule has 0 aliphatic rings. The molecule has 1 N–H and O–H groups in total. The zero-order valence-electron chi connectivity index (χ0n) is 12.2. The molecular weight excluding hydrogens is 264 g/mol. The van der Waals surface area contributed by atoms with Gasteiger partial charge in [0, 0.05) is 12.6 Å². The summed E-state index contributed by atoms with van der Waals surface area (Å²) in [5.74, 6) is 1.57. The molecule has 0 unspecified atom stereocenters. The Labute approximate surface area is 124 Å². The van der Waals surface area contributed by atoms with E-state index in [1.54, 1.807) is 19.2 Å². The van der Waals surface area contributed by atoms with Gasteiger partial charge in [0.1, 0.15) is 24.2 Å². The van der Waals surface area contributed by atoms with Gasteiger partial charge in [-0.15, -0.1) is 0 Å². The Morgan fingerprint density at radius 2 is 2.00 bits per heavy atom. The number of aryl methyl sites for hydroxylation is 1. The highest BCUT2D eigenvalue weighted by Crippen LogP contribution is 2.21. The number of hydrogen-bond donors (Lipinski definition) is 1. The Balaban J connectivity index is 1.90. The van der Waals surface area contributed by atoms with Crippen molar-refractivity contribution in [2.75, 3.05) is 25.6 Å². The maximum absolute atomic E-state index is 9.09. The van der Waals surface area contributed by atoms with E-state index in [2.05, 4.69) is 11.4 Å². The Bertz CT molecular complexity index is 647. The third-order valence-electron chi connectivity index (χ3n) is 3.02. The molecule has 0 bridgehead atoms. The monoisotopic (exact) mass is 282 g/mol. The second kappa shape index (κ2) is 7.20. The number of benzene rings is 2. The molecule has 0 aromatic heterocycles. The van der Waals surface area contributed by atoms with Gasteiger partial charge in [0.2, 0.25) is 0 Å². The molecule has 2 aromatic rings. The maximum atomic E-state index is 9.09. The number of nitrogens with zero attached hydrogens (tertiary/aromatic N) is 1. The molecule has 108 valence electrons. The van der Waals surface area contributed by atoms with Crippen molar-refractivity contribution in [2.24, 2.45) is 0 Å². The molecule has 21 heavy (non-hydrogen) atoms. The highest BCUT2D eigenvalue weighted by atomic mass is 16.5. The van der Waals surface area contributed by atoms with Crippen LogP contribution in [0.2, 0.25) is 0 Å². The molecule has 2 rings (SSSR count). The third kappa shape index (κ3) is 4.15. The normalized spacial score (nSPS) is 9.76. The highest BCUT2D eigenvalue weighted by molar-refractivity contribution is 5.60. The summed E-state index contributed by atoms with van der Waals surface area (Å²) in [5.41, 5.74) is 2.51. The summed E-state index contributed by atoms with van der Waals surface area (Å²) >= 11 is 0. The van der Waals surface area contributed by atoms with E-state index in [0.29, 0.717) is 18.7 Å². The smallest absolute Gasteiger partial charge is 0.121 e. The van der Waals surface area contributed by atoms with Crippen LogP contribution >= 0.6 is 0 Å². The Hall–Kier alpha value is -2.67. The van der Waals surface area contributed by atoms with Crippen LogP contribution in [-0.4, -0.2) is 20.3 Å². The van der Waals surface area contributed by atoms with Crippen LogP contribution in [0.1, 0.15) is 11.1 Å². The number of methoxy groups -OCH3 is 1. The quantitative estimate of drug-likeness (QED) is 0.825. The lowest BCUT2D eigenvalue weighted by Gasteiger charge is -2.11. The van der Waals surface area contributed by atoms with Gasteiger partial charge in [-0.25, -0.2) is 0 Å². The first-order valence-corrected chi connectivity index (χ1v) is 6.74. The van der Waals surface area contributed by atoms with Crippen LogP contribution in [0.3, 0.4) is 0 Å². The van der Waals surface area contributed by atoms with Crippen LogP contribution < -0.4 is 14.8 Å². The summed E-state index contributed by atoms with van der Waals surface area (Å²) in [6, 6.07) is 15.4. The lowest BCUT2D eigenvalue weighted by atomic mass is 10.2. The zero-order valence-corrected chi connectivity index (χ0v) is 12.2. The molecule has 0 saturated heterocycles. The maximum Gasteiger partial charge on any atom is 0.121 e. The second-order valence-electron chi connectivity index (χ2n) is 4.62. The number of ether oxygens (including phenoxy) is 2. The van der Waals surface area contributed by atoms with E-state index in [1.807, 2.05) is 37.3 Å². The SMILES string of the molecule is COc1ccc(C#N)c(NCCOc2cccc(C)c2)c1. The van der Waals surface area contributed by atoms with Crippen LogP contribution in [0.5, 0.6) is 11.5 Å². The minimum absolute atomic E-state index is 0.519. The lowest BCUT2D eigenvalue weighted by molar-refractivity contribution is 0.332. The van der Waals surface area contributed by atoms with Crippen molar-refractivity contribution in [2.45, 2.75) is 6.92 Å². The molecule has 0 heterocycles. The number of rotatable bonds is 6. The molecule has 0 saturated carbocycles. The van der Waals surface area contributed by atoms with Gasteiger partial charge in [-0.2, -0.15) is 5.26 Å². The van der Waals surface area contributed by atoms with Gasteiger partial charge >= 0.3 is 0 Å². The Morgan fingerprint density at radius 3 is 2.71 bits per heavy atom. The van der Waals surface area contributed by atoms with E-state index in [1.165, 1.54) is 5.56 Å². The predicted molar refractivity (Wildman–Crippen MR) is 82.9 cm³/mol. The summed E-state index contributed by atoms with van der Waals surface area (Å²) in [4.78, 5) is 0. The fourth-order valence-electron chi connectivity index (χ4n) is 1.95. The van der Waals surface area contributed by atoms with Gasteiger partial charge in [-0.05, 0) is 36.8 Å². The van der Waals surface area contributed by atoms with Gasteiger partial charge in [-0.3, -0.25) is 0 Å². The van der Waals surface area contributed by atoms with Crippen molar-refractivity contribution in [3.8, 4) is 17.6 Å². The number of hydrogen-bond acceptors (Lipinski definition) is 4. The van der Waals surface area contributed by atoms with Crippen LogP contribution in [0, 0.1) is 18.3 Å². The number of nitriles is 1. The Kier molecular flexibility index (Phi) is 5.05. The number of anilines is 1. The van der Waals surface area contributed by atoms with E-state index in [0.717, 1.165) is 17.2 Å².